The van der Waals surface area contributed by atoms with Crippen molar-refractivity contribution < 1.29 is 0 Å². The van der Waals surface area contributed by atoms with E-state index in [2.05, 4.69) is 63.2 Å². The maximum absolute atomic E-state index is 4.50. The fourth-order valence-corrected chi connectivity index (χ4v) is 3.69. The number of aromatic nitrogens is 6. The number of benzene rings is 2. The Morgan fingerprint density at radius 1 is 0.963 bits per heavy atom. The SMILES string of the molecule is CC(C)c1ccc(-n2ccnc2SCc2nnnn2-c2ccccc2)cc1. The molecule has 4 aromatic rings. The highest BCUT2D eigenvalue weighted by molar-refractivity contribution is 7.98. The summed E-state index contributed by atoms with van der Waals surface area (Å²) >= 11 is 1.61. The fraction of sp³-hybridized carbons (Fsp3) is 0.200. The number of imidazole rings is 1. The molecule has 0 saturated heterocycles. The molecule has 7 heteroatoms. The maximum atomic E-state index is 4.50. The molecule has 0 radical (unpaired) electrons. The van der Waals surface area contributed by atoms with Crippen LogP contribution < -0.4 is 0 Å². The third kappa shape index (κ3) is 3.78. The smallest absolute Gasteiger partial charge is 0.173 e. The minimum atomic E-state index is 0.521. The normalized spacial score (nSPS) is 11.2. The Morgan fingerprint density at radius 3 is 2.48 bits per heavy atom. The average molecular weight is 376 g/mol. The molecule has 0 aliphatic heterocycles. The van der Waals surface area contributed by atoms with E-state index in [4.69, 9.17) is 0 Å². The van der Waals surface area contributed by atoms with Crippen molar-refractivity contribution in [3.8, 4) is 11.4 Å². The molecule has 2 heterocycles. The van der Waals surface area contributed by atoms with Crippen molar-refractivity contribution in [3.63, 3.8) is 0 Å². The number of tetrazole rings is 1. The average Bonchev–Trinajstić information content (AvgIpc) is 3.36. The molecule has 6 nitrogen and oxygen atoms in total. The minimum absolute atomic E-state index is 0.521. The van der Waals surface area contributed by atoms with E-state index in [9.17, 15) is 0 Å². The van der Waals surface area contributed by atoms with Crippen molar-refractivity contribution in [1.29, 1.82) is 0 Å². The molecular formula is C20H20N6S. The van der Waals surface area contributed by atoms with Gasteiger partial charge >= 0.3 is 0 Å². The van der Waals surface area contributed by atoms with Gasteiger partial charge in [-0.05, 0) is 46.2 Å². The first-order valence-corrected chi connectivity index (χ1v) is 9.80. The Kier molecular flexibility index (Phi) is 5.02. The van der Waals surface area contributed by atoms with E-state index in [0.717, 1.165) is 22.4 Å². The van der Waals surface area contributed by atoms with Crippen molar-refractivity contribution in [2.75, 3.05) is 0 Å². The van der Waals surface area contributed by atoms with Crippen molar-refractivity contribution >= 4 is 11.8 Å². The predicted octanol–water partition coefficient (Wildman–Crippen LogP) is 4.26. The van der Waals surface area contributed by atoms with E-state index in [1.165, 1.54) is 5.56 Å². The van der Waals surface area contributed by atoms with Crippen LogP contribution in [0.4, 0.5) is 0 Å². The van der Waals surface area contributed by atoms with Crippen LogP contribution in [0.2, 0.25) is 0 Å². The second-order valence-electron chi connectivity index (χ2n) is 6.46. The maximum Gasteiger partial charge on any atom is 0.173 e. The topological polar surface area (TPSA) is 61.4 Å². The van der Waals surface area contributed by atoms with Crippen LogP contribution in [-0.2, 0) is 5.75 Å². The summed E-state index contributed by atoms with van der Waals surface area (Å²) in [5, 5.41) is 13.0. The van der Waals surface area contributed by atoms with Gasteiger partial charge in [0.25, 0.3) is 0 Å². The molecule has 0 aliphatic rings. The Hall–Kier alpha value is -2.93. The number of nitrogens with zero attached hydrogens (tertiary/aromatic N) is 6. The van der Waals surface area contributed by atoms with E-state index in [-0.39, 0.29) is 0 Å². The summed E-state index contributed by atoms with van der Waals surface area (Å²) in [4.78, 5) is 4.50. The molecule has 0 fully saturated rings. The largest absolute Gasteiger partial charge is 0.295 e. The highest BCUT2D eigenvalue weighted by Crippen LogP contribution is 2.25. The second kappa shape index (κ2) is 7.75. The summed E-state index contributed by atoms with van der Waals surface area (Å²) in [7, 11) is 0. The number of hydrogen-bond donors (Lipinski definition) is 0. The quantitative estimate of drug-likeness (QED) is 0.471. The molecule has 136 valence electrons. The van der Waals surface area contributed by atoms with Crippen LogP contribution >= 0.6 is 11.8 Å². The number of hydrogen-bond acceptors (Lipinski definition) is 5. The lowest BCUT2D eigenvalue weighted by Crippen LogP contribution is -2.02. The van der Waals surface area contributed by atoms with Crippen LogP contribution in [0.1, 0.15) is 31.2 Å². The zero-order chi connectivity index (χ0) is 18.6. The van der Waals surface area contributed by atoms with Gasteiger partial charge in [0.2, 0.25) is 0 Å². The summed E-state index contributed by atoms with van der Waals surface area (Å²) in [6, 6.07) is 18.5. The summed E-state index contributed by atoms with van der Waals surface area (Å²) in [5.41, 5.74) is 3.38. The van der Waals surface area contributed by atoms with Crippen LogP contribution in [-0.4, -0.2) is 29.8 Å². The van der Waals surface area contributed by atoms with Gasteiger partial charge in [0, 0.05) is 18.1 Å². The Balaban J connectivity index is 1.53. The first-order chi connectivity index (χ1) is 13.2. The molecular weight excluding hydrogens is 356 g/mol. The monoisotopic (exact) mass is 376 g/mol. The molecule has 2 aromatic carbocycles. The first kappa shape index (κ1) is 17.5. The highest BCUT2D eigenvalue weighted by Gasteiger charge is 2.12. The van der Waals surface area contributed by atoms with E-state index >= 15 is 0 Å². The lowest BCUT2D eigenvalue weighted by atomic mass is 10.0. The van der Waals surface area contributed by atoms with Gasteiger partial charge in [0.05, 0.1) is 11.4 Å². The number of para-hydroxylation sites is 1. The summed E-state index contributed by atoms with van der Waals surface area (Å²) in [6.45, 7) is 4.40. The zero-order valence-corrected chi connectivity index (χ0v) is 16.0. The molecule has 4 rings (SSSR count). The van der Waals surface area contributed by atoms with Gasteiger partial charge in [0.15, 0.2) is 11.0 Å². The zero-order valence-electron chi connectivity index (χ0n) is 15.2. The van der Waals surface area contributed by atoms with Gasteiger partial charge < -0.3 is 0 Å². The van der Waals surface area contributed by atoms with Crippen molar-refractivity contribution in [3.05, 3.63) is 78.4 Å². The van der Waals surface area contributed by atoms with E-state index in [1.807, 2.05) is 42.7 Å². The van der Waals surface area contributed by atoms with Gasteiger partial charge in [-0.2, -0.15) is 4.68 Å². The molecule has 0 saturated carbocycles. The number of rotatable bonds is 6. The van der Waals surface area contributed by atoms with Gasteiger partial charge in [-0.25, -0.2) is 4.98 Å². The molecule has 0 amide bonds. The fourth-order valence-electron chi connectivity index (χ4n) is 2.81. The molecule has 0 atom stereocenters. The highest BCUT2D eigenvalue weighted by atomic mass is 32.2. The van der Waals surface area contributed by atoms with Crippen LogP contribution in [0.25, 0.3) is 11.4 Å². The Bertz CT molecular complexity index is 1000. The van der Waals surface area contributed by atoms with E-state index < -0.39 is 0 Å². The van der Waals surface area contributed by atoms with Crippen molar-refractivity contribution in [2.45, 2.75) is 30.7 Å². The summed E-state index contributed by atoms with van der Waals surface area (Å²) in [5.74, 6) is 1.94. The first-order valence-electron chi connectivity index (χ1n) is 8.81. The van der Waals surface area contributed by atoms with Gasteiger partial charge in [-0.3, -0.25) is 4.57 Å². The van der Waals surface area contributed by atoms with E-state index in [0.29, 0.717) is 11.7 Å². The molecule has 0 N–H and O–H groups in total. The lowest BCUT2D eigenvalue weighted by molar-refractivity contribution is 0.777. The minimum Gasteiger partial charge on any atom is -0.295 e. The second-order valence-corrected chi connectivity index (χ2v) is 7.40. The van der Waals surface area contributed by atoms with Crippen LogP contribution in [0.5, 0.6) is 0 Å². The molecule has 0 unspecified atom stereocenters. The Labute approximate surface area is 162 Å². The van der Waals surface area contributed by atoms with Gasteiger partial charge in [-0.15, -0.1) is 5.10 Å². The van der Waals surface area contributed by atoms with Crippen LogP contribution in [0.3, 0.4) is 0 Å². The van der Waals surface area contributed by atoms with Gasteiger partial charge in [-0.1, -0.05) is 55.9 Å². The van der Waals surface area contributed by atoms with Crippen LogP contribution in [0, 0.1) is 0 Å². The third-order valence-corrected chi connectivity index (χ3v) is 5.27. The lowest BCUT2D eigenvalue weighted by Gasteiger charge is -2.10. The number of thioether (sulfide) groups is 1. The van der Waals surface area contributed by atoms with Crippen molar-refractivity contribution in [1.82, 2.24) is 29.8 Å². The third-order valence-electron chi connectivity index (χ3n) is 4.31. The van der Waals surface area contributed by atoms with Gasteiger partial charge in [0.1, 0.15) is 0 Å². The van der Waals surface area contributed by atoms with Crippen molar-refractivity contribution in [2.24, 2.45) is 0 Å². The molecule has 0 spiro atoms. The van der Waals surface area contributed by atoms with Crippen LogP contribution in [0.15, 0.2) is 72.1 Å². The molecule has 0 aliphatic carbocycles. The van der Waals surface area contributed by atoms with E-state index in [1.54, 1.807) is 16.4 Å². The molecule has 0 bridgehead atoms. The Morgan fingerprint density at radius 2 is 1.74 bits per heavy atom. The molecule has 2 aromatic heterocycles. The summed E-state index contributed by atoms with van der Waals surface area (Å²) < 4.78 is 3.85. The summed E-state index contributed by atoms with van der Waals surface area (Å²) in [6.07, 6.45) is 3.80. The standard InChI is InChI=1S/C20H20N6S/c1-15(2)16-8-10-17(11-9-16)25-13-12-21-20(25)27-14-19-22-23-24-26(19)18-6-4-3-5-7-18/h3-13,15H,14H2,1-2H3. The molecule has 27 heavy (non-hydrogen) atoms. The predicted molar refractivity (Wildman–Crippen MR) is 106 cm³/mol.